The zero-order chi connectivity index (χ0) is 10.6. The molecule has 0 bridgehead atoms. The summed E-state index contributed by atoms with van der Waals surface area (Å²) < 4.78 is 5.24. The minimum absolute atomic E-state index is 0.417. The average molecular weight is 243 g/mol. The Balaban J connectivity index is 1.89. The van der Waals surface area contributed by atoms with Crippen molar-refractivity contribution in [3.05, 3.63) is 12.5 Å². The third kappa shape index (κ3) is 2.94. The van der Waals surface area contributed by atoms with Gasteiger partial charge in [0.15, 0.2) is 0 Å². The SMILES string of the molecule is SCC1(CSc2ncco2)CCCCC1. The van der Waals surface area contributed by atoms with E-state index in [4.69, 9.17) is 4.42 Å². The highest BCUT2D eigenvalue weighted by molar-refractivity contribution is 7.99. The first-order chi connectivity index (χ1) is 7.35. The van der Waals surface area contributed by atoms with E-state index >= 15 is 0 Å². The average Bonchev–Trinajstić information content (AvgIpc) is 2.81. The topological polar surface area (TPSA) is 26.0 Å². The minimum atomic E-state index is 0.417. The Morgan fingerprint density at radius 1 is 1.40 bits per heavy atom. The van der Waals surface area contributed by atoms with E-state index < -0.39 is 0 Å². The molecule has 0 aliphatic heterocycles. The Morgan fingerprint density at radius 3 is 2.80 bits per heavy atom. The molecule has 1 fully saturated rings. The normalized spacial score (nSPS) is 20.3. The smallest absolute Gasteiger partial charge is 0.255 e. The van der Waals surface area contributed by atoms with Gasteiger partial charge in [0.25, 0.3) is 5.22 Å². The van der Waals surface area contributed by atoms with Crippen molar-refractivity contribution in [2.24, 2.45) is 5.41 Å². The Hall–Kier alpha value is -0.0900. The summed E-state index contributed by atoms with van der Waals surface area (Å²) in [5.41, 5.74) is 0.417. The highest BCUT2D eigenvalue weighted by atomic mass is 32.2. The lowest BCUT2D eigenvalue weighted by molar-refractivity contribution is 0.258. The van der Waals surface area contributed by atoms with Gasteiger partial charge in [0.05, 0.1) is 6.20 Å². The lowest BCUT2D eigenvalue weighted by Gasteiger charge is -2.35. The molecule has 0 N–H and O–H groups in total. The summed E-state index contributed by atoms with van der Waals surface area (Å²) in [6.07, 6.45) is 10.1. The fourth-order valence-electron chi connectivity index (χ4n) is 2.15. The summed E-state index contributed by atoms with van der Waals surface area (Å²) in [6, 6.07) is 0. The molecule has 1 aromatic heterocycles. The number of hydrogen-bond acceptors (Lipinski definition) is 4. The summed E-state index contributed by atoms with van der Waals surface area (Å²) in [7, 11) is 0. The molecule has 0 unspecified atom stereocenters. The number of oxazole rings is 1. The predicted octanol–water partition coefficient (Wildman–Crippen LogP) is 3.65. The van der Waals surface area contributed by atoms with Crippen LogP contribution in [0, 0.1) is 5.41 Å². The number of rotatable bonds is 4. The molecule has 0 spiro atoms. The summed E-state index contributed by atoms with van der Waals surface area (Å²) in [4.78, 5) is 4.14. The van der Waals surface area contributed by atoms with Crippen LogP contribution in [0.1, 0.15) is 32.1 Å². The van der Waals surface area contributed by atoms with Crippen LogP contribution >= 0.6 is 24.4 Å². The maximum Gasteiger partial charge on any atom is 0.255 e. The van der Waals surface area contributed by atoms with Gasteiger partial charge in [-0.15, -0.1) is 0 Å². The third-order valence-electron chi connectivity index (χ3n) is 3.16. The first kappa shape index (κ1) is 11.4. The number of hydrogen-bond donors (Lipinski definition) is 1. The van der Waals surface area contributed by atoms with Crippen LogP contribution in [0.15, 0.2) is 22.1 Å². The van der Waals surface area contributed by atoms with Crippen molar-refractivity contribution in [1.82, 2.24) is 4.98 Å². The molecule has 0 radical (unpaired) electrons. The fraction of sp³-hybridized carbons (Fsp3) is 0.727. The van der Waals surface area contributed by atoms with Gasteiger partial charge in [-0.25, -0.2) is 4.98 Å². The molecule has 0 amide bonds. The molecule has 4 heteroatoms. The van der Waals surface area contributed by atoms with E-state index in [9.17, 15) is 0 Å². The van der Waals surface area contributed by atoms with Crippen LogP contribution in [0.5, 0.6) is 0 Å². The molecule has 2 rings (SSSR count). The first-order valence-corrected chi connectivity index (χ1v) is 7.10. The summed E-state index contributed by atoms with van der Waals surface area (Å²) in [5.74, 6) is 2.08. The van der Waals surface area contributed by atoms with Crippen molar-refractivity contribution in [3.8, 4) is 0 Å². The summed E-state index contributed by atoms with van der Waals surface area (Å²) in [6.45, 7) is 0. The van der Waals surface area contributed by atoms with Gasteiger partial charge in [0, 0.05) is 5.75 Å². The van der Waals surface area contributed by atoms with Crippen LogP contribution < -0.4 is 0 Å². The van der Waals surface area contributed by atoms with Crippen molar-refractivity contribution in [2.45, 2.75) is 37.3 Å². The largest absolute Gasteiger partial charge is 0.440 e. The van der Waals surface area contributed by atoms with Crippen molar-refractivity contribution < 1.29 is 4.42 Å². The Morgan fingerprint density at radius 2 is 2.20 bits per heavy atom. The molecule has 0 atom stereocenters. The number of thioether (sulfide) groups is 1. The highest BCUT2D eigenvalue weighted by Gasteiger charge is 2.31. The lowest BCUT2D eigenvalue weighted by atomic mass is 9.77. The molecule has 1 heterocycles. The van der Waals surface area contributed by atoms with Gasteiger partial charge >= 0.3 is 0 Å². The second-order valence-electron chi connectivity index (χ2n) is 4.31. The molecular weight excluding hydrogens is 226 g/mol. The van der Waals surface area contributed by atoms with Gasteiger partial charge in [-0.1, -0.05) is 31.0 Å². The van der Waals surface area contributed by atoms with Crippen LogP contribution in [-0.2, 0) is 0 Å². The molecule has 0 aromatic carbocycles. The van der Waals surface area contributed by atoms with Gasteiger partial charge in [-0.3, -0.25) is 0 Å². The minimum Gasteiger partial charge on any atom is -0.440 e. The van der Waals surface area contributed by atoms with E-state index in [0.29, 0.717) is 5.41 Å². The molecule has 15 heavy (non-hydrogen) atoms. The van der Waals surface area contributed by atoms with Gasteiger partial charge in [-0.2, -0.15) is 12.6 Å². The summed E-state index contributed by atoms with van der Waals surface area (Å²) in [5, 5.41) is 0.793. The molecule has 1 aliphatic rings. The third-order valence-corrected chi connectivity index (χ3v) is 5.04. The molecule has 2 nitrogen and oxygen atoms in total. The van der Waals surface area contributed by atoms with Crippen molar-refractivity contribution in [2.75, 3.05) is 11.5 Å². The van der Waals surface area contributed by atoms with E-state index in [2.05, 4.69) is 17.6 Å². The zero-order valence-corrected chi connectivity index (χ0v) is 10.5. The van der Waals surface area contributed by atoms with Crippen LogP contribution in [-0.4, -0.2) is 16.5 Å². The molecule has 1 saturated carbocycles. The summed E-state index contributed by atoms with van der Waals surface area (Å²) >= 11 is 6.25. The molecule has 84 valence electrons. The van der Waals surface area contributed by atoms with E-state index in [1.54, 1.807) is 24.2 Å². The monoisotopic (exact) mass is 243 g/mol. The van der Waals surface area contributed by atoms with E-state index in [1.165, 1.54) is 32.1 Å². The standard InChI is InChI=1S/C11H17NOS2/c14-8-11(4-2-1-3-5-11)9-15-10-12-6-7-13-10/h6-7,14H,1-5,8-9H2. The van der Waals surface area contributed by atoms with Crippen molar-refractivity contribution >= 4 is 24.4 Å². The second-order valence-corrected chi connectivity index (χ2v) is 5.55. The molecular formula is C11H17NOS2. The van der Waals surface area contributed by atoms with E-state index in [0.717, 1.165) is 16.7 Å². The second kappa shape index (κ2) is 5.30. The Bertz CT molecular complexity index is 281. The number of nitrogens with zero attached hydrogens (tertiary/aromatic N) is 1. The maximum atomic E-state index is 5.24. The Labute approximate surface area is 101 Å². The quantitative estimate of drug-likeness (QED) is 0.646. The van der Waals surface area contributed by atoms with Gasteiger partial charge in [-0.05, 0) is 24.0 Å². The highest BCUT2D eigenvalue weighted by Crippen LogP contribution is 2.41. The van der Waals surface area contributed by atoms with Crippen LogP contribution in [0.3, 0.4) is 0 Å². The maximum absolute atomic E-state index is 5.24. The molecule has 0 saturated heterocycles. The zero-order valence-electron chi connectivity index (χ0n) is 8.82. The number of aromatic nitrogens is 1. The lowest BCUT2D eigenvalue weighted by Crippen LogP contribution is -2.28. The van der Waals surface area contributed by atoms with E-state index in [1.807, 2.05) is 0 Å². The number of thiol groups is 1. The fourth-order valence-corrected chi connectivity index (χ4v) is 3.81. The molecule has 1 aromatic rings. The van der Waals surface area contributed by atoms with Crippen LogP contribution in [0.4, 0.5) is 0 Å². The van der Waals surface area contributed by atoms with Crippen LogP contribution in [0.2, 0.25) is 0 Å². The van der Waals surface area contributed by atoms with Gasteiger partial charge < -0.3 is 4.42 Å². The first-order valence-electron chi connectivity index (χ1n) is 5.48. The van der Waals surface area contributed by atoms with Crippen molar-refractivity contribution in [1.29, 1.82) is 0 Å². The van der Waals surface area contributed by atoms with Gasteiger partial charge in [0.2, 0.25) is 0 Å². The molecule has 1 aliphatic carbocycles. The van der Waals surface area contributed by atoms with Crippen molar-refractivity contribution in [3.63, 3.8) is 0 Å². The van der Waals surface area contributed by atoms with Crippen LogP contribution in [0.25, 0.3) is 0 Å². The van der Waals surface area contributed by atoms with E-state index in [-0.39, 0.29) is 0 Å². The Kier molecular flexibility index (Phi) is 4.03. The predicted molar refractivity (Wildman–Crippen MR) is 66.6 cm³/mol. The van der Waals surface area contributed by atoms with Gasteiger partial charge in [0.1, 0.15) is 6.26 Å².